The minimum atomic E-state index is -4.63. The second kappa shape index (κ2) is 7.10. The number of nitrogens with zero attached hydrogens (tertiary/aromatic N) is 1. The summed E-state index contributed by atoms with van der Waals surface area (Å²) >= 11 is 15.9. The number of carboxylic acids is 1. The number of nitrogens with one attached hydrogen (secondary N) is 1. The predicted molar refractivity (Wildman–Crippen MR) is 101 cm³/mol. The molecule has 0 unspecified atom stereocenters. The van der Waals surface area contributed by atoms with Crippen molar-refractivity contribution in [2.45, 2.75) is 11.1 Å². The maximum Gasteiger partial charge on any atom is 0.417 e. The van der Waals surface area contributed by atoms with Crippen molar-refractivity contribution in [3.05, 3.63) is 57.7 Å². The molecule has 0 aliphatic heterocycles. The molecular formula is C17H9Cl2F3N2O2S. The number of alkyl halides is 3. The molecule has 0 radical (unpaired) electrons. The third-order valence-corrected chi connectivity index (χ3v) is 4.60. The Kier molecular flexibility index (Phi) is 5.16. The first-order chi connectivity index (χ1) is 12.6. The molecule has 0 saturated heterocycles. The van der Waals surface area contributed by atoms with E-state index < -0.39 is 22.7 Å². The predicted octanol–water partition coefficient (Wildman–Crippen LogP) is 6.29. The van der Waals surface area contributed by atoms with Crippen molar-refractivity contribution in [1.82, 2.24) is 4.98 Å². The van der Waals surface area contributed by atoms with Crippen molar-refractivity contribution in [3.8, 4) is 0 Å². The lowest BCUT2D eigenvalue weighted by Gasteiger charge is -2.16. The van der Waals surface area contributed by atoms with Crippen LogP contribution in [0.25, 0.3) is 10.9 Å². The molecule has 3 rings (SSSR count). The summed E-state index contributed by atoms with van der Waals surface area (Å²) in [6.45, 7) is 0. The summed E-state index contributed by atoms with van der Waals surface area (Å²) in [7, 11) is 0. The standard InChI is InChI=1S/C17H9Cl2F3N2O2S/c18-7-1-2-12(9(3-7)16(25)26)24-15-8-4-11(19)10(17(20,21)22)5-13(8)23-6-14(15)27/h1-6,27H,(H,23,24)(H,25,26). The smallest absolute Gasteiger partial charge is 0.417 e. The van der Waals surface area contributed by atoms with Gasteiger partial charge in [0.25, 0.3) is 0 Å². The second-order valence-electron chi connectivity index (χ2n) is 5.49. The van der Waals surface area contributed by atoms with Gasteiger partial charge >= 0.3 is 12.1 Å². The number of anilines is 2. The number of hydrogen-bond acceptors (Lipinski definition) is 4. The molecule has 0 saturated carbocycles. The molecule has 2 N–H and O–H groups in total. The van der Waals surface area contributed by atoms with Gasteiger partial charge in [0.1, 0.15) is 0 Å². The molecule has 0 fully saturated rings. The van der Waals surface area contributed by atoms with Crippen LogP contribution in [-0.2, 0) is 6.18 Å². The molecular weight excluding hydrogens is 424 g/mol. The Morgan fingerprint density at radius 1 is 1.19 bits per heavy atom. The maximum atomic E-state index is 13.1. The number of aromatic carboxylic acids is 1. The van der Waals surface area contributed by atoms with Crippen LogP contribution in [0.3, 0.4) is 0 Å². The minimum absolute atomic E-state index is 0.0258. The zero-order valence-corrected chi connectivity index (χ0v) is 15.5. The number of pyridine rings is 1. The molecule has 2 aromatic carbocycles. The van der Waals surface area contributed by atoms with Gasteiger partial charge in [-0.15, -0.1) is 12.6 Å². The minimum Gasteiger partial charge on any atom is -0.478 e. The van der Waals surface area contributed by atoms with Crippen molar-refractivity contribution in [2.75, 3.05) is 5.32 Å². The zero-order valence-electron chi connectivity index (χ0n) is 13.1. The molecule has 10 heteroatoms. The fraction of sp³-hybridized carbons (Fsp3) is 0.0588. The van der Waals surface area contributed by atoms with Gasteiger partial charge in [-0.05, 0) is 30.3 Å². The molecule has 0 bridgehead atoms. The van der Waals surface area contributed by atoms with Gasteiger partial charge in [-0.25, -0.2) is 4.79 Å². The van der Waals surface area contributed by atoms with E-state index in [4.69, 9.17) is 23.2 Å². The van der Waals surface area contributed by atoms with E-state index >= 15 is 0 Å². The van der Waals surface area contributed by atoms with Gasteiger partial charge in [0, 0.05) is 21.5 Å². The Bertz CT molecular complexity index is 1070. The topological polar surface area (TPSA) is 62.2 Å². The average molecular weight is 433 g/mol. The highest BCUT2D eigenvalue weighted by atomic mass is 35.5. The Labute approximate surface area is 166 Å². The molecule has 4 nitrogen and oxygen atoms in total. The molecule has 0 aliphatic rings. The van der Waals surface area contributed by atoms with Gasteiger partial charge in [0.15, 0.2) is 0 Å². The van der Waals surface area contributed by atoms with Crippen molar-refractivity contribution >= 4 is 64.1 Å². The molecule has 140 valence electrons. The van der Waals surface area contributed by atoms with E-state index in [0.717, 1.165) is 12.1 Å². The number of rotatable bonds is 3. The van der Waals surface area contributed by atoms with E-state index in [1.54, 1.807) is 0 Å². The van der Waals surface area contributed by atoms with Crippen LogP contribution in [0.5, 0.6) is 0 Å². The summed E-state index contributed by atoms with van der Waals surface area (Å²) < 4.78 is 39.2. The normalized spacial score (nSPS) is 11.6. The van der Waals surface area contributed by atoms with Gasteiger partial charge in [0.05, 0.1) is 33.0 Å². The van der Waals surface area contributed by atoms with Crippen LogP contribution in [-0.4, -0.2) is 16.1 Å². The SMILES string of the molecule is O=C(O)c1cc(Cl)ccc1Nc1c(S)cnc2cc(C(F)(F)F)c(Cl)cc12. The van der Waals surface area contributed by atoms with Crippen molar-refractivity contribution in [2.24, 2.45) is 0 Å². The van der Waals surface area contributed by atoms with Gasteiger partial charge in [-0.3, -0.25) is 4.98 Å². The first-order valence-electron chi connectivity index (χ1n) is 7.26. The van der Waals surface area contributed by atoms with Gasteiger partial charge < -0.3 is 10.4 Å². The third kappa shape index (κ3) is 3.92. The number of benzene rings is 2. The van der Waals surface area contributed by atoms with E-state index in [1.165, 1.54) is 24.4 Å². The fourth-order valence-corrected chi connectivity index (χ4v) is 3.16. The monoisotopic (exact) mass is 432 g/mol. The van der Waals surface area contributed by atoms with Crippen LogP contribution >= 0.6 is 35.8 Å². The molecule has 27 heavy (non-hydrogen) atoms. The Hall–Kier alpha value is -2.16. The highest BCUT2D eigenvalue weighted by molar-refractivity contribution is 7.80. The highest BCUT2D eigenvalue weighted by Crippen LogP contribution is 2.40. The molecule has 0 amide bonds. The first kappa shape index (κ1) is 19.6. The summed E-state index contributed by atoms with van der Waals surface area (Å²) in [5.74, 6) is -1.23. The summed E-state index contributed by atoms with van der Waals surface area (Å²) in [5, 5.41) is 12.2. The lowest BCUT2D eigenvalue weighted by Crippen LogP contribution is -2.07. The zero-order chi connectivity index (χ0) is 19.9. The largest absolute Gasteiger partial charge is 0.478 e. The molecule has 0 atom stereocenters. The van der Waals surface area contributed by atoms with Gasteiger partial charge in [-0.1, -0.05) is 23.2 Å². The van der Waals surface area contributed by atoms with Crippen molar-refractivity contribution in [1.29, 1.82) is 0 Å². The number of thiol groups is 1. The van der Waals surface area contributed by atoms with Gasteiger partial charge in [0.2, 0.25) is 0 Å². The summed E-state index contributed by atoms with van der Waals surface area (Å²) in [5.41, 5.74) is -0.648. The quantitative estimate of drug-likeness (QED) is 0.425. The van der Waals surface area contributed by atoms with Crippen LogP contribution in [0.1, 0.15) is 15.9 Å². The summed E-state index contributed by atoms with van der Waals surface area (Å²) in [4.78, 5) is 15.7. The lowest BCUT2D eigenvalue weighted by atomic mass is 10.1. The summed E-state index contributed by atoms with van der Waals surface area (Å²) in [6.07, 6.45) is -3.37. The molecule has 1 heterocycles. The van der Waals surface area contributed by atoms with Crippen LogP contribution < -0.4 is 5.32 Å². The van der Waals surface area contributed by atoms with Crippen LogP contribution in [0.2, 0.25) is 10.0 Å². The Balaban J connectivity index is 2.20. The molecule has 0 spiro atoms. The Morgan fingerprint density at radius 2 is 1.89 bits per heavy atom. The van der Waals surface area contributed by atoms with Crippen LogP contribution in [0, 0.1) is 0 Å². The molecule has 1 aromatic heterocycles. The van der Waals surface area contributed by atoms with E-state index in [1.807, 2.05) is 0 Å². The number of fused-ring (bicyclic) bond motifs is 1. The number of halogens is 5. The molecule has 0 aliphatic carbocycles. The van der Waals surface area contributed by atoms with Crippen molar-refractivity contribution < 1.29 is 23.1 Å². The van der Waals surface area contributed by atoms with Gasteiger partial charge in [-0.2, -0.15) is 13.2 Å². The number of hydrogen-bond donors (Lipinski definition) is 3. The van der Waals surface area contributed by atoms with E-state index in [9.17, 15) is 23.1 Å². The number of carboxylic acid groups (broad SMARTS) is 1. The van der Waals surface area contributed by atoms with Crippen LogP contribution in [0.4, 0.5) is 24.5 Å². The fourth-order valence-electron chi connectivity index (χ4n) is 2.49. The van der Waals surface area contributed by atoms with E-state index in [2.05, 4.69) is 22.9 Å². The average Bonchev–Trinajstić information content (AvgIpc) is 2.57. The highest BCUT2D eigenvalue weighted by Gasteiger charge is 2.34. The lowest BCUT2D eigenvalue weighted by molar-refractivity contribution is -0.137. The number of carbonyl (C=O) groups is 1. The second-order valence-corrected chi connectivity index (χ2v) is 6.81. The van der Waals surface area contributed by atoms with E-state index in [-0.39, 0.29) is 32.9 Å². The molecule has 3 aromatic rings. The third-order valence-electron chi connectivity index (χ3n) is 3.71. The Morgan fingerprint density at radius 3 is 2.52 bits per heavy atom. The maximum absolute atomic E-state index is 13.1. The van der Waals surface area contributed by atoms with E-state index in [0.29, 0.717) is 4.90 Å². The summed E-state index contributed by atoms with van der Waals surface area (Å²) in [6, 6.07) is 6.12. The first-order valence-corrected chi connectivity index (χ1v) is 8.46. The number of aromatic nitrogens is 1. The van der Waals surface area contributed by atoms with Crippen LogP contribution in [0.15, 0.2) is 41.4 Å². The van der Waals surface area contributed by atoms with Crippen molar-refractivity contribution in [3.63, 3.8) is 0 Å².